The van der Waals surface area contributed by atoms with Crippen LogP contribution in [-0.2, 0) is 9.53 Å². The van der Waals surface area contributed by atoms with Crippen molar-refractivity contribution in [2.45, 2.75) is 19.8 Å². The Morgan fingerprint density at radius 3 is 2.80 bits per heavy atom. The highest BCUT2D eigenvalue weighted by Gasteiger charge is 2.29. The van der Waals surface area contributed by atoms with E-state index >= 15 is 0 Å². The third kappa shape index (κ3) is 3.20. The molecule has 4 nitrogen and oxygen atoms in total. The molecule has 0 spiro atoms. The summed E-state index contributed by atoms with van der Waals surface area (Å²) in [7, 11) is 1.39. The molecule has 1 aliphatic heterocycles. The van der Waals surface area contributed by atoms with Crippen LogP contribution >= 0.6 is 15.9 Å². The summed E-state index contributed by atoms with van der Waals surface area (Å²) in [5.41, 5.74) is 1.63. The lowest BCUT2D eigenvalue weighted by molar-refractivity contribution is -0.146. The van der Waals surface area contributed by atoms with Crippen LogP contribution in [0.3, 0.4) is 0 Å². The van der Waals surface area contributed by atoms with E-state index in [1.54, 1.807) is 4.90 Å². The quantitative estimate of drug-likeness (QED) is 0.778. The van der Waals surface area contributed by atoms with Crippen molar-refractivity contribution in [3.05, 3.63) is 33.8 Å². The average molecular weight is 340 g/mol. The number of esters is 1. The van der Waals surface area contributed by atoms with Crippen LogP contribution in [0, 0.1) is 12.8 Å². The van der Waals surface area contributed by atoms with Crippen molar-refractivity contribution in [2.75, 3.05) is 20.2 Å². The summed E-state index contributed by atoms with van der Waals surface area (Å²) in [6, 6.07) is 5.61. The number of benzene rings is 1. The minimum atomic E-state index is -0.227. The number of carbonyl (C=O) groups excluding carboxylic acids is 2. The second-order valence-corrected chi connectivity index (χ2v) is 5.99. The summed E-state index contributed by atoms with van der Waals surface area (Å²) in [4.78, 5) is 25.9. The number of piperidine rings is 1. The molecule has 1 aliphatic rings. The van der Waals surface area contributed by atoms with Gasteiger partial charge in [-0.3, -0.25) is 9.59 Å². The van der Waals surface area contributed by atoms with E-state index < -0.39 is 0 Å². The van der Waals surface area contributed by atoms with Gasteiger partial charge in [-0.05, 0) is 43.5 Å². The number of hydrogen-bond acceptors (Lipinski definition) is 3. The molecule has 1 atom stereocenters. The van der Waals surface area contributed by atoms with Crippen molar-refractivity contribution in [1.29, 1.82) is 0 Å². The zero-order chi connectivity index (χ0) is 14.7. The molecule has 2 rings (SSSR count). The van der Waals surface area contributed by atoms with Gasteiger partial charge in [0.15, 0.2) is 0 Å². The molecule has 1 aromatic rings. The van der Waals surface area contributed by atoms with Gasteiger partial charge in [-0.2, -0.15) is 0 Å². The van der Waals surface area contributed by atoms with Crippen LogP contribution in [0.25, 0.3) is 0 Å². The monoisotopic (exact) mass is 339 g/mol. The number of ether oxygens (including phenoxy) is 1. The molecule has 1 fully saturated rings. The molecule has 20 heavy (non-hydrogen) atoms. The predicted octanol–water partition coefficient (Wildman–Crippen LogP) is 2.78. The van der Waals surface area contributed by atoms with E-state index in [1.165, 1.54) is 7.11 Å². The summed E-state index contributed by atoms with van der Waals surface area (Å²) in [6.45, 7) is 3.06. The van der Waals surface area contributed by atoms with Gasteiger partial charge in [0.1, 0.15) is 0 Å². The number of methoxy groups -OCH3 is 1. The van der Waals surface area contributed by atoms with Crippen molar-refractivity contribution < 1.29 is 14.3 Å². The van der Waals surface area contributed by atoms with Crippen LogP contribution < -0.4 is 0 Å². The van der Waals surface area contributed by atoms with Gasteiger partial charge in [-0.15, -0.1) is 0 Å². The van der Waals surface area contributed by atoms with E-state index in [0.717, 1.165) is 22.9 Å². The molecule has 0 aromatic heterocycles. The van der Waals surface area contributed by atoms with Crippen LogP contribution in [0.5, 0.6) is 0 Å². The summed E-state index contributed by atoms with van der Waals surface area (Å²) in [5.74, 6) is -0.438. The van der Waals surface area contributed by atoms with Gasteiger partial charge in [0, 0.05) is 23.1 Å². The molecule has 108 valence electrons. The van der Waals surface area contributed by atoms with Gasteiger partial charge in [-0.25, -0.2) is 0 Å². The second kappa shape index (κ2) is 6.39. The molecule has 5 heteroatoms. The zero-order valence-electron chi connectivity index (χ0n) is 11.7. The maximum atomic E-state index is 12.5. The molecular weight excluding hydrogens is 322 g/mol. The SMILES string of the molecule is COC(=O)C1CCCN(C(=O)c2ccc(Br)cc2C)C1. The fourth-order valence-electron chi connectivity index (χ4n) is 2.56. The molecular formula is C15H18BrNO3. The Balaban J connectivity index is 2.14. The highest BCUT2D eigenvalue weighted by Crippen LogP contribution is 2.22. The lowest BCUT2D eigenvalue weighted by atomic mass is 9.97. The maximum absolute atomic E-state index is 12.5. The maximum Gasteiger partial charge on any atom is 0.310 e. The molecule has 0 saturated carbocycles. The van der Waals surface area contributed by atoms with Gasteiger partial charge < -0.3 is 9.64 Å². The molecule has 0 bridgehead atoms. The average Bonchev–Trinajstić information content (AvgIpc) is 2.46. The third-order valence-corrected chi connectivity index (χ3v) is 4.16. The van der Waals surface area contributed by atoms with E-state index in [2.05, 4.69) is 15.9 Å². The fraction of sp³-hybridized carbons (Fsp3) is 0.467. The fourth-order valence-corrected chi connectivity index (χ4v) is 3.03. The Kier molecular flexibility index (Phi) is 4.81. The smallest absolute Gasteiger partial charge is 0.310 e. The highest BCUT2D eigenvalue weighted by molar-refractivity contribution is 9.10. The number of aryl methyl sites for hydroxylation is 1. The standard InChI is InChI=1S/C15H18BrNO3/c1-10-8-12(16)5-6-13(10)14(18)17-7-3-4-11(9-17)15(19)20-2/h5-6,8,11H,3-4,7,9H2,1-2H3. The van der Waals surface area contributed by atoms with E-state index in [-0.39, 0.29) is 17.8 Å². The number of rotatable bonds is 2. The Morgan fingerprint density at radius 2 is 2.15 bits per heavy atom. The minimum Gasteiger partial charge on any atom is -0.469 e. The molecule has 0 radical (unpaired) electrons. The van der Waals surface area contributed by atoms with E-state index in [0.29, 0.717) is 18.7 Å². The summed E-state index contributed by atoms with van der Waals surface area (Å²) in [6.07, 6.45) is 1.62. The lowest BCUT2D eigenvalue weighted by Crippen LogP contribution is -2.42. The first-order valence-corrected chi connectivity index (χ1v) is 7.45. The van der Waals surface area contributed by atoms with Gasteiger partial charge in [0.2, 0.25) is 0 Å². The Morgan fingerprint density at radius 1 is 1.40 bits per heavy atom. The van der Waals surface area contributed by atoms with Crippen LogP contribution in [0.2, 0.25) is 0 Å². The second-order valence-electron chi connectivity index (χ2n) is 5.07. The molecule has 1 unspecified atom stereocenters. The topological polar surface area (TPSA) is 46.6 Å². The largest absolute Gasteiger partial charge is 0.469 e. The highest BCUT2D eigenvalue weighted by atomic mass is 79.9. The molecule has 0 aliphatic carbocycles. The lowest BCUT2D eigenvalue weighted by Gasteiger charge is -2.31. The van der Waals surface area contributed by atoms with Gasteiger partial charge >= 0.3 is 5.97 Å². The summed E-state index contributed by atoms with van der Waals surface area (Å²) < 4.78 is 5.74. The third-order valence-electron chi connectivity index (χ3n) is 3.66. The first-order chi connectivity index (χ1) is 9.52. The van der Waals surface area contributed by atoms with Crippen LogP contribution in [0.1, 0.15) is 28.8 Å². The Labute approximate surface area is 127 Å². The van der Waals surface area contributed by atoms with Crippen LogP contribution in [0.4, 0.5) is 0 Å². The van der Waals surface area contributed by atoms with E-state index in [4.69, 9.17) is 4.74 Å². The van der Waals surface area contributed by atoms with Crippen LogP contribution in [-0.4, -0.2) is 37.0 Å². The van der Waals surface area contributed by atoms with E-state index in [1.807, 2.05) is 25.1 Å². The van der Waals surface area contributed by atoms with Crippen LogP contribution in [0.15, 0.2) is 22.7 Å². The Hall–Kier alpha value is -1.36. The van der Waals surface area contributed by atoms with Gasteiger partial charge in [0.05, 0.1) is 13.0 Å². The summed E-state index contributed by atoms with van der Waals surface area (Å²) >= 11 is 3.39. The first-order valence-electron chi connectivity index (χ1n) is 6.66. The zero-order valence-corrected chi connectivity index (χ0v) is 13.3. The predicted molar refractivity (Wildman–Crippen MR) is 79.5 cm³/mol. The first kappa shape index (κ1) is 15.0. The number of likely N-dealkylation sites (tertiary alicyclic amines) is 1. The molecule has 1 saturated heterocycles. The molecule has 1 amide bonds. The van der Waals surface area contributed by atoms with Gasteiger partial charge in [-0.1, -0.05) is 15.9 Å². The minimum absolute atomic E-state index is 0.0106. The van der Waals surface area contributed by atoms with Crippen molar-refractivity contribution in [3.8, 4) is 0 Å². The normalized spacial score (nSPS) is 18.8. The van der Waals surface area contributed by atoms with Gasteiger partial charge in [0.25, 0.3) is 5.91 Å². The number of amides is 1. The Bertz CT molecular complexity index is 530. The summed E-state index contributed by atoms with van der Waals surface area (Å²) in [5, 5.41) is 0. The van der Waals surface area contributed by atoms with Crippen molar-refractivity contribution >= 4 is 27.8 Å². The molecule has 1 aromatic carbocycles. The molecule has 1 heterocycles. The number of halogens is 1. The number of hydrogen-bond donors (Lipinski definition) is 0. The van der Waals surface area contributed by atoms with Crippen molar-refractivity contribution in [1.82, 2.24) is 4.90 Å². The van der Waals surface area contributed by atoms with Crippen molar-refractivity contribution in [2.24, 2.45) is 5.92 Å². The number of carbonyl (C=O) groups is 2. The number of nitrogens with zero attached hydrogens (tertiary/aromatic N) is 1. The van der Waals surface area contributed by atoms with Crippen molar-refractivity contribution in [3.63, 3.8) is 0 Å². The molecule has 0 N–H and O–H groups in total. The van der Waals surface area contributed by atoms with E-state index in [9.17, 15) is 9.59 Å².